The van der Waals surface area contributed by atoms with Crippen LogP contribution in [0, 0.1) is 0 Å². The Morgan fingerprint density at radius 2 is 0.810 bits per heavy atom. The second-order valence-electron chi connectivity index (χ2n) is 5.81. The van der Waals surface area contributed by atoms with E-state index in [1.54, 1.807) is 0 Å². The van der Waals surface area contributed by atoms with Crippen LogP contribution < -0.4 is 0 Å². The zero-order chi connectivity index (χ0) is 17.3. The average Bonchev–Trinajstić information content (AvgIpc) is 2.28. The Morgan fingerprint density at radius 1 is 0.619 bits per heavy atom. The van der Waals surface area contributed by atoms with Gasteiger partial charge >= 0.3 is 35.0 Å². The van der Waals surface area contributed by atoms with Crippen molar-refractivity contribution in [1.29, 1.82) is 0 Å². The van der Waals surface area contributed by atoms with Gasteiger partial charge in [-0.3, -0.25) is 0 Å². The first-order chi connectivity index (χ1) is 9.13. The quantitative estimate of drug-likeness (QED) is 0.259. The van der Waals surface area contributed by atoms with Crippen molar-refractivity contribution in [2.75, 3.05) is 26.7 Å². The van der Waals surface area contributed by atoms with Crippen LogP contribution in [-0.4, -0.2) is 45.3 Å². The summed E-state index contributed by atoms with van der Waals surface area (Å²) in [6.45, 7) is 11.0. The van der Waals surface area contributed by atoms with Gasteiger partial charge in [0.25, 0.3) is 0 Å². The van der Waals surface area contributed by atoms with Gasteiger partial charge in [0.1, 0.15) is 0 Å². The van der Waals surface area contributed by atoms with Crippen molar-refractivity contribution in [2.45, 2.75) is 59.3 Å². The molecule has 0 fully saturated rings. The molecule has 0 amide bonds. The van der Waals surface area contributed by atoms with Crippen LogP contribution in [0.2, 0.25) is 0 Å². The molecule has 0 aromatic heterocycles. The Morgan fingerprint density at radius 3 is 0.952 bits per heavy atom. The Kier molecular flexibility index (Phi) is 9.00. The normalized spacial score (nSPS) is 15.7. The van der Waals surface area contributed by atoms with E-state index in [2.05, 4.69) is 27.8 Å². The molecule has 0 aromatic carbocycles. The van der Waals surface area contributed by atoms with E-state index in [-0.39, 0.29) is 0 Å². The molecule has 0 unspecified atom stereocenters. The summed E-state index contributed by atoms with van der Waals surface area (Å²) in [5, 5.41) is 0. The number of unbranched alkanes of at least 4 members (excludes halogenated alkanes) is 3. The molecular weight excluding hydrogens is 359 g/mol. The molecule has 0 aliphatic rings. The van der Waals surface area contributed by atoms with E-state index in [1.165, 1.54) is 62.6 Å². The van der Waals surface area contributed by atoms with Gasteiger partial charge in [0.05, 0.1) is 26.7 Å². The minimum atomic E-state index is -11.1. The summed E-state index contributed by atoms with van der Waals surface area (Å²) < 4.78 is 60.8. The Hall–Kier alpha value is 0.0984. The first-order valence-corrected chi connectivity index (χ1v) is 11.8. The van der Waals surface area contributed by atoms with Crippen molar-refractivity contribution in [2.24, 2.45) is 0 Å². The number of rotatable bonds is 9. The van der Waals surface area contributed by atoms with E-state index in [0.717, 1.165) is 0 Å². The summed E-state index contributed by atoms with van der Waals surface area (Å²) in [5.74, 6) is 0. The Bertz CT molecular complexity index is 241. The van der Waals surface area contributed by atoms with Gasteiger partial charge in [-0.1, -0.05) is 40.0 Å². The second-order valence-corrected chi connectivity index (χ2v) is 9.83. The van der Waals surface area contributed by atoms with E-state index >= 15 is 0 Å². The molecule has 0 atom stereocenters. The maximum absolute atomic E-state index is 11.1. The van der Waals surface area contributed by atoms with Crippen LogP contribution in [0.1, 0.15) is 59.3 Å². The van der Waals surface area contributed by atoms with E-state index in [9.17, 15) is 20.8 Å². The molecule has 134 valence electrons. The summed E-state index contributed by atoms with van der Waals surface area (Å²) in [5.41, 5.74) is 0. The van der Waals surface area contributed by atoms with Crippen molar-refractivity contribution in [3.05, 3.63) is 0 Å². The molecule has 21 heavy (non-hydrogen) atoms. The fourth-order valence-electron chi connectivity index (χ4n) is 1.95. The monoisotopic (exact) mass is 389 g/mol. The number of hydrogen-bond acceptors (Lipinski definition) is 0. The minimum absolute atomic E-state index is 1.32. The fourth-order valence-corrected chi connectivity index (χ4v) is 1.95. The van der Waals surface area contributed by atoms with E-state index in [1.807, 2.05) is 0 Å². The van der Waals surface area contributed by atoms with Crippen LogP contribution >= 0.6 is 0 Å². The van der Waals surface area contributed by atoms with Crippen molar-refractivity contribution in [1.82, 2.24) is 0 Å². The molecule has 0 aliphatic carbocycles. The van der Waals surface area contributed by atoms with Crippen molar-refractivity contribution in [3.8, 4) is 0 Å². The molecule has 1 nitrogen and oxygen atoms in total. The fraction of sp³-hybridized carbons (Fsp3) is 1.00. The molecule has 0 bridgehead atoms. The molecule has 0 saturated carbocycles. The van der Waals surface area contributed by atoms with Gasteiger partial charge < -0.3 is 4.48 Å². The standard InChI is InChI=1S/C13H30N.AsF6/c1-5-8-11-14(4,12-9-6-2)13-10-7-3;2-1(3,4,5,6)7/h5-13H2,1-4H3;/q+1;-1. The number of quaternary nitrogens is 1. The number of halogens is 6. The molecule has 0 N–H and O–H groups in total. The zero-order valence-electron chi connectivity index (χ0n) is 13.5. The van der Waals surface area contributed by atoms with Crippen molar-refractivity contribution in [3.63, 3.8) is 0 Å². The SMILES string of the molecule is CCCC[N+](C)(CCCC)CCCC.F[As-](F)(F)(F)(F)F. The summed E-state index contributed by atoms with van der Waals surface area (Å²) in [4.78, 5) is 0. The Balaban J connectivity index is 0. The molecule has 0 radical (unpaired) electrons. The van der Waals surface area contributed by atoms with Crippen molar-refractivity contribution >= 4 is 14.2 Å². The van der Waals surface area contributed by atoms with Crippen LogP contribution in [0.3, 0.4) is 0 Å². The third kappa shape index (κ3) is 28.9. The van der Waals surface area contributed by atoms with Crippen LogP contribution in [0.5, 0.6) is 0 Å². The topological polar surface area (TPSA) is 0 Å². The van der Waals surface area contributed by atoms with E-state index < -0.39 is 14.2 Å². The summed E-state index contributed by atoms with van der Waals surface area (Å²) >= 11 is -11.1. The molecular formula is C13H30AsF6N. The van der Waals surface area contributed by atoms with Gasteiger partial charge in [0.15, 0.2) is 0 Å². The average molecular weight is 389 g/mol. The molecule has 0 spiro atoms. The summed E-state index contributed by atoms with van der Waals surface area (Å²) in [7, 11) is 2.45. The molecule has 0 heterocycles. The predicted molar refractivity (Wildman–Crippen MR) is 77.9 cm³/mol. The molecule has 0 rings (SSSR count). The van der Waals surface area contributed by atoms with E-state index in [4.69, 9.17) is 0 Å². The second kappa shape index (κ2) is 8.09. The molecule has 8 heteroatoms. The zero-order valence-corrected chi connectivity index (χ0v) is 15.4. The van der Waals surface area contributed by atoms with Gasteiger partial charge in [-0.25, -0.2) is 0 Å². The molecule has 0 aromatic rings. The van der Waals surface area contributed by atoms with Gasteiger partial charge in [-0.2, -0.15) is 0 Å². The third-order valence-corrected chi connectivity index (χ3v) is 3.15. The van der Waals surface area contributed by atoms with Crippen LogP contribution in [-0.2, 0) is 0 Å². The number of nitrogens with zero attached hydrogens (tertiary/aromatic N) is 1. The first-order valence-electron chi connectivity index (χ1n) is 7.53. The summed E-state index contributed by atoms with van der Waals surface area (Å²) in [6, 6.07) is 0. The van der Waals surface area contributed by atoms with Gasteiger partial charge in [0, 0.05) is 0 Å². The van der Waals surface area contributed by atoms with Crippen LogP contribution in [0.25, 0.3) is 0 Å². The van der Waals surface area contributed by atoms with E-state index in [0.29, 0.717) is 0 Å². The Labute approximate surface area is 126 Å². The van der Waals surface area contributed by atoms with Crippen LogP contribution in [0.15, 0.2) is 0 Å². The third-order valence-electron chi connectivity index (χ3n) is 3.15. The summed E-state index contributed by atoms with van der Waals surface area (Å²) in [6.07, 6.45) is 8.20. The van der Waals surface area contributed by atoms with Gasteiger partial charge in [-0.05, 0) is 19.3 Å². The number of hydrogen-bond donors (Lipinski definition) is 0. The predicted octanol–water partition coefficient (Wildman–Crippen LogP) is 5.97. The molecule has 0 saturated heterocycles. The van der Waals surface area contributed by atoms with Gasteiger partial charge in [-0.15, -0.1) is 0 Å². The van der Waals surface area contributed by atoms with Crippen molar-refractivity contribution < 1.29 is 25.3 Å². The van der Waals surface area contributed by atoms with Gasteiger partial charge in [0.2, 0.25) is 0 Å². The first kappa shape index (κ1) is 23.4. The molecule has 0 aliphatic heterocycles. The maximum atomic E-state index is 9.91. The van der Waals surface area contributed by atoms with Crippen LogP contribution in [0.4, 0.5) is 20.8 Å².